The van der Waals surface area contributed by atoms with Gasteiger partial charge in [0.15, 0.2) is 11.5 Å². The van der Waals surface area contributed by atoms with Crippen LogP contribution in [0.4, 0.5) is 63.2 Å². The van der Waals surface area contributed by atoms with Gasteiger partial charge in [-0.05, 0) is 168 Å². The molecule has 4 aliphatic heterocycles. The molecule has 17 aromatic rings. The van der Waals surface area contributed by atoms with E-state index in [1.165, 1.54) is 0 Å². The summed E-state index contributed by atoms with van der Waals surface area (Å²) < 4.78 is 7.74. The van der Waals surface area contributed by atoms with Gasteiger partial charge >= 0.3 is 84.3 Å². The largest absolute Gasteiger partial charge is 2.00 e. The zero-order valence-electron chi connectivity index (χ0n) is 67.9. The second-order valence-corrected chi connectivity index (χ2v) is 32.3. The molecule has 12 aromatic carbocycles. The minimum atomic E-state index is -2.95. The Balaban J connectivity index is 0.000000138. The number of fused-ring (bicyclic) bond motifs is 3. The number of anilines is 11. The first kappa shape index (κ1) is 90.4. The van der Waals surface area contributed by atoms with Gasteiger partial charge in [-0.15, -0.1) is 67.6 Å². The van der Waals surface area contributed by atoms with Crippen LogP contribution in [0.5, 0.6) is 34.5 Å². The summed E-state index contributed by atoms with van der Waals surface area (Å²) >= 11 is 0. The molecular formula is C104H78N14O5Pt4Si. The van der Waals surface area contributed by atoms with Crippen molar-refractivity contribution in [3.8, 4) is 40.3 Å². The summed E-state index contributed by atoms with van der Waals surface area (Å²) in [6.45, 7) is 7.86. The third kappa shape index (κ3) is 19.9. The van der Waals surface area contributed by atoms with E-state index in [-0.39, 0.29) is 107 Å². The molecule has 5 aromatic heterocycles. The maximum atomic E-state index is 11.2. The number of benzene rings is 12. The molecule has 638 valence electrons. The van der Waals surface area contributed by atoms with Gasteiger partial charge in [0.1, 0.15) is 52.2 Å². The molecule has 0 amide bonds. The molecule has 0 aliphatic carbocycles. The minimum Gasteiger partial charge on any atom is -0.508 e. The number of pyridine rings is 4. The first-order valence-corrected chi connectivity index (χ1v) is 42.0. The van der Waals surface area contributed by atoms with E-state index in [0.29, 0.717) is 23.0 Å². The van der Waals surface area contributed by atoms with Crippen LogP contribution in [0.25, 0.3) is 27.6 Å². The number of para-hydroxylation sites is 11. The third-order valence-electron chi connectivity index (χ3n) is 20.8. The van der Waals surface area contributed by atoms with Crippen molar-refractivity contribution in [3.63, 3.8) is 0 Å². The molecule has 24 heteroatoms. The van der Waals surface area contributed by atoms with Crippen LogP contribution < -0.4 is 69.7 Å². The van der Waals surface area contributed by atoms with Crippen molar-refractivity contribution in [3.05, 3.63) is 477 Å². The Morgan fingerprint density at radius 2 is 0.750 bits per heavy atom. The molecule has 0 bridgehead atoms. The molecule has 0 unspecified atom stereocenters. The summed E-state index contributed by atoms with van der Waals surface area (Å²) in [6, 6.07) is 132. The average molecular weight is 2410 g/mol. The monoisotopic (exact) mass is 2410 g/mol. The molecule has 4 aliphatic rings. The van der Waals surface area contributed by atoms with Crippen LogP contribution in [0.1, 0.15) is 0 Å². The average Bonchev–Trinajstić information content (AvgIpc) is 1.40. The summed E-state index contributed by atoms with van der Waals surface area (Å²) in [5.41, 5.74) is 7.04. The van der Waals surface area contributed by atoms with Crippen LogP contribution in [0.15, 0.2) is 426 Å². The number of ether oxygens (including phenoxy) is 1. The smallest absolute Gasteiger partial charge is 0.508 e. The molecule has 0 saturated carbocycles. The zero-order valence-corrected chi connectivity index (χ0v) is 78.0. The van der Waals surface area contributed by atoms with Crippen molar-refractivity contribution in [2.24, 2.45) is 0 Å². The van der Waals surface area contributed by atoms with E-state index >= 15 is 0 Å². The normalized spacial score (nSPS) is 12.8. The first-order chi connectivity index (χ1) is 61.1. The summed E-state index contributed by atoms with van der Waals surface area (Å²) in [4.78, 5) is 37.2. The van der Waals surface area contributed by atoms with E-state index in [9.17, 15) is 20.4 Å². The number of aromatic hydroxyl groups is 4. The van der Waals surface area contributed by atoms with Gasteiger partial charge < -0.3 is 64.4 Å². The van der Waals surface area contributed by atoms with Crippen LogP contribution in [0.3, 0.4) is 0 Å². The number of aromatic nitrogens is 5. The molecule has 9 heterocycles. The van der Waals surface area contributed by atoms with E-state index in [0.717, 1.165) is 100 Å². The molecule has 19 nitrogen and oxygen atoms in total. The fourth-order valence-electron chi connectivity index (χ4n) is 15.1. The topological polar surface area (TPSA) is 176 Å². The summed E-state index contributed by atoms with van der Waals surface area (Å²) in [5.74, 6) is 6.38. The summed E-state index contributed by atoms with van der Waals surface area (Å²) in [6.07, 6.45) is 17.5. The maximum Gasteiger partial charge on any atom is 2.00 e. The van der Waals surface area contributed by atoms with E-state index in [2.05, 4.69) is 102 Å². The second-order valence-electron chi connectivity index (χ2n) is 28.6. The van der Waals surface area contributed by atoms with Gasteiger partial charge in [0.25, 0.3) is 0 Å². The first-order valence-electron chi connectivity index (χ1n) is 40.0. The fourth-order valence-corrected chi connectivity index (χ4v) is 19.7. The van der Waals surface area contributed by atoms with Crippen molar-refractivity contribution in [2.45, 2.75) is 0 Å². The molecule has 128 heavy (non-hydrogen) atoms. The Morgan fingerprint density at radius 3 is 1.32 bits per heavy atom. The standard InChI is InChI=1S/C32H25N3OSi.C26H18N4O.C26H20N4O.C20H15N3O2.4Pt/c36-29-19-10-11-20-30(29)37(27-15-6-2-7-16-27,28-17-8-3-9-18-28)32-22-12-21-31(33-32)35-24-23-34(25-35)26-13-4-1-5-14-26;31-23-13-6-11-21-20-10-4-5-12-22(20)30(26(21)23)25-15-7-14-24(27-25)29-17-16-28(18-29)19-8-2-1-3-9-19;31-24-15-8-7-14-23(24)30(22-12-5-2-6-13-22)26-17-9-16-25(27-26)29-19-18-28(20-29)21-10-3-1-4-11-21;24-18-8-1-2-9-19(18)25-17-7-5-6-16(14-17)22-12-13-23(15-22)20-10-3-4-11-21-20;;;;/h1-13,15-25,36H;1-8,10-18,31H;1-10,12-20,31H;1-13,15,24H;;;;/q4*-2;4*+2. The number of hydrogen-bond acceptors (Lipinski definition) is 18. The molecule has 21 rings (SSSR count). The Morgan fingerprint density at radius 1 is 0.320 bits per heavy atom. The van der Waals surface area contributed by atoms with Gasteiger partial charge in [-0.3, -0.25) is 9.47 Å². The van der Waals surface area contributed by atoms with Crippen LogP contribution in [-0.4, -0.2) is 53.0 Å². The SMILES string of the molecule is Oc1cccc2c3ccccc3n(-c3cccc(N4C=CN(c5[c-]cccc5)[CH-]4)n3)c12.Oc1ccccc1N(c1ccccc1)c1cccc(N2C=CN(c3[c-]cccc3)[CH-]2)n1.Oc1ccccc1Oc1[c-]c(N2C=CN(c3ccccn3)[CH-]2)ccc1.Oc1ccccc1[Si](c1ccccc1)(c1ccccc1)c1cccc(N2C=CN(c3[c-]cccc3)[CH-]2)n1.[Pt+2].[Pt+2].[Pt+2].[Pt+2]. The van der Waals surface area contributed by atoms with Crippen LogP contribution >= 0.6 is 0 Å². The van der Waals surface area contributed by atoms with Crippen LogP contribution in [0.2, 0.25) is 0 Å². The molecule has 0 saturated heterocycles. The van der Waals surface area contributed by atoms with Gasteiger partial charge in [0.05, 0.1) is 16.7 Å². The predicted molar refractivity (Wildman–Crippen MR) is 497 cm³/mol. The Kier molecular flexibility index (Phi) is 30.0. The summed E-state index contributed by atoms with van der Waals surface area (Å²) in [7, 11) is -2.95. The Hall–Kier alpha value is -13.8. The number of rotatable bonds is 18. The quantitative estimate of drug-likeness (QED) is 0.0362. The van der Waals surface area contributed by atoms with Gasteiger partial charge in [-0.25, -0.2) is 19.9 Å². The molecule has 0 radical (unpaired) electrons. The maximum absolute atomic E-state index is 11.2. The fraction of sp³-hybridized carbons (Fsp3) is 0. The van der Waals surface area contributed by atoms with Crippen LogP contribution in [0, 0.1) is 50.9 Å². The van der Waals surface area contributed by atoms with E-state index in [1.54, 1.807) is 54.7 Å². The van der Waals surface area contributed by atoms with Crippen molar-refractivity contribution in [2.75, 3.05) is 44.1 Å². The Bertz CT molecular complexity index is 6630. The van der Waals surface area contributed by atoms with Gasteiger partial charge in [-0.2, -0.15) is 97.1 Å². The summed E-state index contributed by atoms with van der Waals surface area (Å²) in [5, 5.41) is 48.6. The zero-order chi connectivity index (χ0) is 84.0. The van der Waals surface area contributed by atoms with Crippen molar-refractivity contribution < 1.29 is 109 Å². The minimum absolute atomic E-state index is 0. The van der Waals surface area contributed by atoms with Crippen molar-refractivity contribution in [1.82, 2.24) is 24.5 Å². The predicted octanol–water partition coefficient (Wildman–Crippen LogP) is 19.7. The Labute approximate surface area is 802 Å². The third-order valence-corrected chi connectivity index (χ3v) is 25.5. The molecule has 0 spiro atoms. The molecular weight excluding hydrogens is 2330 g/mol. The second kappa shape index (κ2) is 42.4. The number of nitrogens with zero attached hydrogens (tertiary/aromatic N) is 14. The van der Waals surface area contributed by atoms with Gasteiger partial charge in [0.2, 0.25) is 8.07 Å². The number of hydrogen-bond donors (Lipinski definition) is 4. The van der Waals surface area contributed by atoms with E-state index in [4.69, 9.17) is 19.7 Å². The molecule has 0 atom stereocenters. The van der Waals surface area contributed by atoms with Gasteiger partial charge in [0, 0.05) is 33.7 Å². The van der Waals surface area contributed by atoms with Crippen LogP contribution in [-0.2, 0) is 84.3 Å². The molecule has 4 N–H and O–H groups in total. The number of phenols is 4. The van der Waals surface area contributed by atoms with Crippen molar-refractivity contribution >= 4 is 114 Å². The number of phenolic OH excluding ortho intramolecular Hbond substituents is 4. The van der Waals surface area contributed by atoms with E-state index in [1.807, 2.05) is 374 Å². The van der Waals surface area contributed by atoms with E-state index < -0.39 is 8.07 Å². The van der Waals surface area contributed by atoms with Crippen molar-refractivity contribution in [1.29, 1.82) is 0 Å². The van der Waals surface area contributed by atoms with Gasteiger partial charge in [-0.1, -0.05) is 176 Å². The molecule has 0 fully saturated rings.